The molecule has 0 saturated carbocycles. The second-order valence-electron chi connectivity index (χ2n) is 3.82. The Bertz CT molecular complexity index is 561. The molecule has 0 bridgehead atoms. The lowest BCUT2D eigenvalue weighted by Gasteiger charge is -2.09. The third kappa shape index (κ3) is 1.49. The fourth-order valence-electron chi connectivity index (χ4n) is 1.95. The molecule has 0 radical (unpaired) electrons. The first-order valence-corrected chi connectivity index (χ1v) is 5.26. The molecule has 0 fully saturated rings. The highest BCUT2D eigenvalue weighted by atomic mass is 16.6. The Labute approximate surface area is 97.5 Å². The Morgan fingerprint density at radius 2 is 1.88 bits per heavy atom. The van der Waals surface area contributed by atoms with Crippen LogP contribution in [0, 0.1) is 0 Å². The van der Waals surface area contributed by atoms with E-state index in [-0.39, 0.29) is 5.97 Å². The monoisotopic (exact) mass is 230 g/mol. The predicted molar refractivity (Wildman–Crippen MR) is 58.8 cm³/mol. The Morgan fingerprint density at radius 3 is 2.53 bits per heavy atom. The largest absolute Gasteiger partial charge is 0.465 e. The van der Waals surface area contributed by atoms with Crippen LogP contribution < -0.4 is 0 Å². The summed E-state index contributed by atoms with van der Waals surface area (Å²) in [6.07, 6.45) is 2.61. The molecule has 2 aromatic heterocycles. The molecule has 3 rings (SSSR count). The number of rotatable bonds is 2. The lowest BCUT2D eigenvalue weighted by molar-refractivity contribution is -0.140. The second-order valence-corrected chi connectivity index (χ2v) is 3.82. The Kier molecular flexibility index (Phi) is 2.14. The fourth-order valence-corrected chi connectivity index (χ4v) is 1.95. The smallest absolute Gasteiger partial charge is 0.335 e. The van der Waals surface area contributed by atoms with Crippen molar-refractivity contribution in [3.05, 3.63) is 53.9 Å². The molecular weight excluding hydrogens is 220 g/mol. The minimum absolute atomic E-state index is 0.335. The molecule has 0 N–H and O–H groups in total. The SMILES string of the molecule is CC1=C(c2ccco2)C(c2ccco2)OC1=O. The first-order valence-electron chi connectivity index (χ1n) is 5.26. The maximum atomic E-state index is 11.6. The molecule has 4 nitrogen and oxygen atoms in total. The van der Waals surface area contributed by atoms with E-state index in [9.17, 15) is 4.79 Å². The van der Waals surface area contributed by atoms with Gasteiger partial charge in [0.2, 0.25) is 0 Å². The van der Waals surface area contributed by atoms with Crippen LogP contribution in [0.25, 0.3) is 5.57 Å². The van der Waals surface area contributed by atoms with Gasteiger partial charge in [-0.3, -0.25) is 0 Å². The van der Waals surface area contributed by atoms with E-state index in [2.05, 4.69) is 0 Å². The van der Waals surface area contributed by atoms with Crippen molar-refractivity contribution in [2.24, 2.45) is 0 Å². The zero-order valence-corrected chi connectivity index (χ0v) is 9.17. The van der Waals surface area contributed by atoms with E-state index in [1.165, 1.54) is 0 Å². The van der Waals surface area contributed by atoms with Crippen LogP contribution in [0.2, 0.25) is 0 Å². The van der Waals surface area contributed by atoms with Crippen molar-refractivity contribution in [2.75, 3.05) is 0 Å². The van der Waals surface area contributed by atoms with E-state index in [1.807, 2.05) is 0 Å². The van der Waals surface area contributed by atoms with Gasteiger partial charge in [-0.25, -0.2) is 4.79 Å². The molecule has 0 spiro atoms. The summed E-state index contributed by atoms with van der Waals surface area (Å²) in [7, 11) is 0. The molecule has 0 aromatic carbocycles. The number of esters is 1. The molecule has 1 aliphatic heterocycles. The van der Waals surface area contributed by atoms with Crippen LogP contribution in [0.5, 0.6) is 0 Å². The summed E-state index contributed by atoms with van der Waals surface area (Å²) in [5, 5.41) is 0. The molecular formula is C13H10O4. The lowest BCUT2D eigenvalue weighted by atomic mass is 10.0. The summed E-state index contributed by atoms with van der Waals surface area (Å²) in [6, 6.07) is 7.12. The summed E-state index contributed by atoms with van der Waals surface area (Å²) in [5.74, 6) is 0.897. The van der Waals surface area contributed by atoms with Crippen LogP contribution in [-0.4, -0.2) is 5.97 Å². The van der Waals surface area contributed by atoms with E-state index < -0.39 is 6.10 Å². The van der Waals surface area contributed by atoms with Crippen LogP contribution in [0.15, 0.2) is 51.2 Å². The van der Waals surface area contributed by atoms with Gasteiger partial charge < -0.3 is 13.6 Å². The predicted octanol–water partition coefficient (Wildman–Crippen LogP) is 2.94. The normalized spacial score (nSPS) is 19.8. The quantitative estimate of drug-likeness (QED) is 0.744. The third-order valence-corrected chi connectivity index (χ3v) is 2.79. The molecule has 0 saturated heterocycles. The van der Waals surface area contributed by atoms with Crippen molar-refractivity contribution in [1.82, 2.24) is 0 Å². The molecule has 86 valence electrons. The standard InChI is InChI=1S/C13H10O4/c1-8-11(9-4-2-6-15-9)12(17-13(8)14)10-5-3-7-16-10/h2-7,12H,1H3. The van der Waals surface area contributed by atoms with Crippen LogP contribution >= 0.6 is 0 Å². The van der Waals surface area contributed by atoms with Crippen molar-refractivity contribution in [3.63, 3.8) is 0 Å². The Balaban J connectivity index is 2.10. The van der Waals surface area contributed by atoms with E-state index in [0.717, 1.165) is 5.57 Å². The van der Waals surface area contributed by atoms with Crippen LogP contribution in [0.1, 0.15) is 24.5 Å². The number of hydrogen-bond acceptors (Lipinski definition) is 4. The molecule has 1 aliphatic rings. The Hall–Kier alpha value is -2.23. The summed E-state index contributed by atoms with van der Waals surface area (Å²) < 4.78 is 15.9. The zero-order valence-electron chi connectivity index (χ0n) is 9.17. The van der Waals surface area contributed by atoms with Gasteiger partial charge in [0.25, 0.3) is 0 Å². The summed E-state index contributed by atoms with van der Waals surface area (Å²) >= 11 is 0. The maximum absolute atomic E-state index is 11.6. The molecule has 1 atom stereocenters. The van der Waals surface area contributed by atoms with Crippen molar-refractivity contribution >= 4 is 11.5 Å². The second kappa shape index (κ2) is 3.66. The molecule has 3 heterocycles. The highest BCUT2D eigenvalue weighted by Gasteiger charge is 2.36. The minimum Gasteiger partial charge on any atom is -0.465 e. The maximum Gasteiger partial charge on any atom is 0.335 e. The molecule has 4 heteroatoms. The molecule has 0 amide bonds. The molecule has 1 unspecified atom stereocenters. The average molecular weight is 230 g/mol. The fraction of sp³-hybridized carbons (Fsp3) is 0.154. The highest BCUT2D eigenvalue weighted by Crippen LogP contribution is 2.41. The zero-order chi connectivity index (χ0) is 11.8. The van der Waals surface area contributed by atoms with Crippen molar-refractivity contribution in [1.29, 1.82) is 0 Å². The number of ether oxygens (including phenoxy) is 1. The van der Waals surface area contributed by atoms with E-state index in [0.29, 0.717) is 17.1 Å². The topological polar surface area (TPSA) is 52.6 Å². The summed E-state index contributed by atoms with van der Waals surface area (Å²) in [4.78, 5) is 11.6. The van der Waals surface area contributed by atoms with Gasteiger partial charge in [-0.05, 0) is 31.2 Å². The van der Waals surface area contributed by atoms with Crippen molar-refractivity contribution in [3.8, 4) is 0 Å². The van der Waals surface area contributed by atoms with Crippen LogP contribution in [-0.2, 0) is 9.53 Å². The molecule has 0 aliphatic carbocycles. The summed E-state index contributed by atoms with van der Waals surface area (Å²) in [6.45, 7) is 1.73. The van der Waals surface area contributed by atoms with Crippen molar-refractivity contribution in [2.45, 2.75) is 13.0 Å². The lowest BCUT2D eigenvalue weighted by Crippen LogP contribution is -2.01. The first-order chi connectivity index (χ1) is 8.27. The highest BCUT2D eigenvalue weighted by molar-refractivity contribution is 6.01. The minimum atomic E-state index is -0.511. The molecule has 2 aromatic rings. The van der Waals surface area contributed by atoms with E-state index in [1.54, 1.807) is 43.7 Å². The number of carbonyl (C=O) groups is 1. The van der Waals surface area contributed by atoms with E-state index in [4.69, 9.17) is 13.6 Å². The van der Waals surface area contributed by atoms with Crippen molar-refractivity contribution < 1.29 is 18.4 Å². The van der Waals surface area contributed by atoms with Gasteiger partial charge in [-0.1, -0.05) is 0 Å². The number of cyclic esters (lactones) is 1. The summed E-state index contributed by atoms with van der Waals surface area (Å²) in [5.41, 5.74) is 1.29. The van der Waals surface area contributed by atoms with Gasteiger partial charge in [0, 0.05) is 5.57 Å². The van der Waals surface area contributed by atoms with Gasteiger partial charge in [-0.15, -0.1) is 0 Å². The van der Waals surface area contributed by atoms with E-state index >= 15 is 0 Å². The third-order valence-electron chi connectivity index (χ3n) is 2.79. The number of carbonyl (C=O) groups excluding carboxylic acids is 1. The van der Waals surface area contributed by atoms with Gasteiger partial charge in [0.05, 0.1) is 18.1 Å². The van der Waals surface area contributed by atoms with Crippen LogP contribution in [0.3, 0.4) is 0 Å². The van der Waals surface area contributed by atoms with Gasteiger partial charge in [-0.2, -0.15) is 0 Å². The van der Waals surface area contributed by atoms with Gasteiger partial charge >= 0.3 is 5.97 Å². The average Bonchev–Trinajstić information content (AvgIpc) is 3.01. The number of hydrogen-bond donors (Lipinski definition) is 0. The van der Waals surface area contributed by atoms with Gasteiger partial charge in [0.15, 0.2) is 6.10 Å². The Morgan fingerprint density at radius 1 is 1.12 bits per heavy atom. The van der Waals surface area contributed by atoms with Crippen LogP contribution in [0.4, 0.5) is 0 Å². The first kappa shape index (κ1) is 9.96. The molecule has 17 heavy (non-hydrogen) atoms. The van der Waals surface area contributed by atoms with Gasteiger partial charge in [0.1, 0.15) is 11.5 Å². The number of furan rings is 2.